The number of benzene rings is 1. The van der Waals surface area contributed by atoms with Crippen molar-refractivity contribution in [2.24, 2.45) is 11.1 Å². The summed E-state index contributed by atoms with van der Waals surface area (Å²) in [6.07, 6.45) is 0.733. The summed E-state index contributed by atoms with van der Waals surface area (Å²) in [5, 5.41) is 0. The lowest BCUT2D eigenvalue weighted by Gasteiger charge is -2.42. The molecule has 3 fully saturated rings. The number of alkyl halides is 2. The number of aldehydes is 1. The van der Waals surface area contributed by atoms with Gasteiger partial charge < -0.3 is 24.9 Å². The second-order valence-corrected chi connectivity index (χ2v) is 11.9. The van der Waals surface area contributed by atoms with Gasteiger partial charge in [-0.2, -0.15) is 9.97 Å². The van der Waals surface area contributed by atoms with E-state index < -0.39 is 17.7 Å². The molecule has 0 radical (unpaired) electrons. The predicted molar refractivity (Wildman–Crippen MR) is 158 cm³/mol. The maximum absolute atomic E-state index is 14.2. The first-order valence-corrected chi connectivity index (χ1v) is 15.2. The van der Waals surface area contributed by atoms with Crippen LogP contribution in [0.2, 0.25) is 0 Å². The molecule has 0 atom stereocenters. The van der Waals surface area contributed by atoms with E-state index in [4.69, 9.17) is 25.2 Å². The summed E-state index contributed by atoms with van der Waals surface area (Å²) >= 11 is 0. The molecule has 236 valence electrons. The van der Waals surface area contributed by atoms with Crippen LogP contribution in [0.5, 0.6) is 5.88 Å². The lowest BCUT2D eigenvalue weighted by molar-refractivity contribution is -0.121. The Morgan fingerprint density at radius 1 is 1.05 bits per heavy atom. The van der Waals surface area contributed by atoms with Gasteiger partial charge in [0.05, 0.1) is 30.8 Å². The second-order valence-electron chi connectivity index (χ2n) is 11.9. The van der Waals surface area contributed by atoms with Crippen molar-refractivity contribution in [2.45, 2.75) is 38.2 Å². The molecule has 44 heavy (non-hydrogen) atoms. The van der Waals surface area contributed by atoms with E-state index in [1.54, 1.807) is 30.3 Å². The number of carbonyl (C=O) groups is 2. The highest BCUT2D eigenvalue weighted by molar-refractivity contribution is 5.78. The molecule has 1 amide bonds. The van der Waals surface area contributed by atoms with Gasteiger partial charge in [-0.25, -0.2) is 13.8 Å². The Morgan fingerprint density at radius 3 is 2.43 bits per heavy atom. The Morgan fingerprint density at radius 2 is 1.75 bits per heavy atom. The smallest absolute Gasteiger partial charge is 0.296 e. The number of imidazole rings is 1. The summed E-state index contributed by atoms with van der Waals surface area (Å²) in [7, 11) is 0. The first-order valence-electron chi connectivity index (χ1n) is 15.2. The van der Waals surface area contributed by atoms with Crippen molar-refractivity contribution in [2.75, 3.05) is 70.5 Å². The number of aromatic nitrogens is 4. The van der Waals surface area contributed by atoms with Gasteiger partial charge in [-0.05, 0) is 37.8 Å². The monoisotopic (exact) mass is 612 g/mol. The number of hydrogen-bond acceptors (Lipinski definition) is 10. The number of piperazine rings is 1. The summed E-state index contributed by atoms with van der Waals surface area (Å²) in [6, 6.07) is 8.57. The molecule has 2 N–H and O–H groups in total. The second kappa shape index (κ2) is 13.1. The Hall–Kier alpha value is -3.75. The number of halogens is 2. The van der Waals surface area contributed by atoms with Crippen LogP contribution in [0.15, 0.2) is 30.3 Å². The zero-order valence-corrected chi connectivity index (χ0v) is 24.6. The van der Waals surface area contributed by atoms with E-state index in [2.05, 4.69) is 9.88 Å². The quantitative estimate of drug-likeness (QED) is 0.340. The van der Waals surface area contributed by atoms with Gasteiger partial charge in [-0.15, -0.1) is 0 Å². The lowest BCUT2D eigenvalue weighted by Crippen LogP contribution is -2.52. The highest BCUT2D eigenvalue weighted by atomic mass is 19.3. The standard InChI is InChI=1S/C30H38F2N8O4/c31-27(32)28-34-22-3-1-2-4-23(22)40(28)25-17-26(36-29(35-25)39-13-15-43-16-14-39)44-21-5-7-30(20-41,8-6-21)19-38-11-9-37(10-12-38)18-24(33)42/h1-4,17,20-21,27H,5-16,18-19H2,(H2,33,42). The Kier molecular flexibility index (Phi) is 9.01. The SMILES string of the molecule is NC(=O)CN1CCN(CC2(C=O)CCC(Oc3cc(-n4c(C(F)F)nc5ccccc54)nc(N4CCOCC4)n3)CC2)CC1. The van der Waals surface area contributed by atoms with E-state index in [0.29, 0.717) is 81.4 Å². The van der Waals surface area contributed by atoms with E-state index in [-0.39, 0.29) is 24.4 Å². The minimum absolute atomic E-state index is 0.190. The van der Waals surface area contributed by atoms with Gasteiger partial charge in [0, 0.05) is 57.3 Å². The van der Waals surface area contributed by atoms with E-state index in [1.165, 1.54) is 4.57 Å². The molecule has 1 saturated carbocycles. The summed E-state index contributed by atoms with van der Waals surface area (Å²) in [5.41, 5.74) is 5.83. The molecule has 3 aromatic rings. The minimum atomic E-state index is -2.81. The molecule has 1 aromatic carbocycles. The molecule has 14 heteroatoms. The predicted octanol–water partition coefficient (Wildman–Crippen LogP) is 2.20. The van der Waals surface area contributed by atoms with Gasteiger partial charge in [0.2, 0.25) is 17.7 Å². The molecule has 6 rings (SSSR count). The molecular weight excluding hydrogens is 574 g/mol. The van der Waals surface area contributed by atoms with E-state index in [1.807, 2.05) is 9.80 Å². The van der Waals surface area contributed by atoms with Crippen molar-refractivity contribution in [3.63, 3.8) is 0 Å². The maximum atomic E-state index is 14.2. The van der Waals surface area contributed by atoms with Crippen molar-refractivity contribution < 1.29 is 27.8 Å². The van der Waals surface area contributed by atoms with Gasteiger partial charge in [0.1, 0.15) is 18.2 Å². The van der Waals surface area contributed by atoms with Crippen LogP contribution in [0.1, 0.15) is 37.9 Å². The van der Waals surface area contributed by atoms with Crippen molar-refractivity contribution in [1.82, 2.24) is 29.3 Å². The number of carbonyl (C=O) groups excluding carboxylic acids is 2. The highest BCUT2D eigenvalue weighted by Crippen LogP contribution is 2.38. The lowest BCUT2D eigenvalue weighted by atomic mass is 9.73. The molecule has 2 aromatic heterocycles. The number of hydrogen-bond donors (Lipinski definition) is 1. The first kappa shape index (κ1) is 30.3. The number of morpholine rings is 1. The van der Waals surface area contributed by atoms with E-state index in [9.17, 15) is 18.4 Å². The van der Waals surface area contributed by atoms with Crippen LogP contribution in [0.25, 0.3) is 16.9 Å². The molecular formula is C30H38F2N8O4. The Labute approximate surface area is 254 Å². The number of ether oxygens (including phenoxy) is 2. The van der Waals surface area contributed by atoms with Gasteiger partial charge in [0.15, 0.2) is 5.82 Å². The number of primary amides is 1. The summed E-state index contributed by atoms with van der Waals surface area (Å²) in [6.45, 7) is 6.11. The maximum Gasteiger partial charge on any atom is 0.296 e. The molecule has 2 aliphatic heterocycles. The van der Waals surface area contributed by atoms with Gasteiger partial charge in [-0.1, -0.05) is 12.1 Å². The number of amides is 1. The molecule has 1 aliphatic carbocycles. The zero-order chi connectivity index (χ0) is 30.7. The first-order chi connectivity index (χ1) is 21.3. The molecule has 0 unspecified atom stereocenters. The van der Waals surface area contributed by atoms with Crippen LogP contribution in [0, 0.1) is 5.41 Å². The van der Waals surface area contributed by atoms with Crippen LogP contribution in [0.4, 0.5) is 14.7 Å². The minimum Gasteiger partial charge on any atom is -0.474 e. The van der Waals surface area contributed by atoms with Gasteiger partial charge in [-0.3, -0.25) is 19.2 Å². The van der Waals surface area contributed by atoms with E-state index in [0.717, 1.165) is 32.5 Å². The van der Waals surface area contributed by atoms with Crippen LogP contribution in [-0.2, 0) is 14.3 Å². The summed E-state index contributed by atoms with van der Waals surface area (Å²) < 4.78 is 41.6. The third-order valence-electron chi connectivity index (χ3n) is 8.83. The summed E-state index contributed by atoms with van der Waals surface area (Å²) in [4.78, 5) is 43.5. The molecule has 4 heterocycles. The van der Waals surface area contributed by atoms with Crippen LogP contribution in [-0.4, -0.2) is 113 Å². The number of nitrogens with two attached hydrogens (primary N) is 1. The van der Waals surface area contributed by atoms with Crippen molar-refractivity contribution in [1.29, 1.82) is 0 Å². The number of para-hydroxylation sites is 2. The Balaban J connectivity index is 1.20. The number of anilines is 1. The molecule has 12 nitrogen and oxygen atoms in total. The normalized spacial score (nSPS) is 23.7. The van der Waals surface area contributed by atoms with Crippen LogP contribution >= 0.6 is 0 Å². The van der Waals surface area contributed by atoms with Crippen molar-refractivity contribution >= 4 is 29.2 Å². The van der Waals surface area contributed by atoms with Crippen molar-refractivity contribution in [3.8, 4) is 11.7 Å². The average Bonchev–Trinajstić information content (AvgIpc) is 3.43. The number of nitrogens with zero attached hydrogens (tertiary/aromatic N) is 7. The highest BCUT2D eigenvalue weighted by Gasteiger charge is 2.38. The molecule has 0 spiro atoms. The largest absolute Gasteiger partial charge is 0.474 e. The fourth-order valence-corrected chi connectivity index (χ4v) is 6.45. The fraction of sp³-hybridized carbons (Fsp3) is 0.567. The fourth-order valence-electron chi connectivity index (χ4n) is 6.45. The molecule has 0 bridgehead atoms. The molecule has 2 saturated heterocycles. The van der Waals surface area contributed by atoms with Gasteiger partial charge >= 0.3 is 0 Å². The number of fused-ring (bicyclic) bond motifs is 1. The van der Waals surface area contributed by atoms with Crippen molar-refractivity contribution in [3.05, 3.63) is 36.2 Å². The third kappa shape index (κ3) is 6.66. The average molecular weight is 613 g/mol. The van der Waals surface area contributed by atoms with E-state index >= 15 is 0 Å². The molecule has 3 aliphatic rings. The number of rotatable bonds is 10. The Bertz CT molecular complexity index is 1460. The van der Waals surface area contributed by atoms with Crippen LogP contribution in [0.3, 0.4) is 0 Å². The zero-order valence-electron chi connectivity index (χ0n) is 24.6. The van der Waals surface area contributed by atoms with Crippen LogP contribution < -0.4 is 15.4 Å². The van der Waals surface area contributed by atoms with Gasteiger partial charge in [0.25, 0.3) is 6.43 Å². The third-order valence-corrected chi connectivity index (χ3v) is 8.83. The summed E-state index contributed by atoms with van der Waals surface area (Å²) in [5.74, 6) is 0.208. The topological polar surface area (TPSA) is 132 Å².